The van der Waals surface area contributed by atoms with E-state index in [1.165, 1.54) is 25.0 Å². The van der Waals surface area contributed by atoms with E-state index in [9.17, 15) is 4.79 Å². The van der Waals surface area contributed by atoms with E-state index >= 15 is 0 Å². The Morgan fingerprint density at radius 3 is 3.05 bits per heavy atom. The number of anilines is 1. The molecule has 1 saturated heterocycles. The molecule has 1 atom stereocenters. The number of hydrogen-bond donors (Lipinski definition) is 1. The van der Waals surface area contributed by atoms with Gasteiger partial charge in [-0.3, -0.25) is 9.69 Å². The van der Waals surface area contributed by atoms with Crippen molar-refractivity contribution in [1.29, 1.82) is 0 Å². The van der Waals surface area contributed by atoms with Crippen LogP contribution in [0, 0.1) is 0 Å². The van der Waals surface area contributed by atoms with Crippen molar-refractivity contribution < 1.29 is 4.79 Å². The highest BCUT2D eigenvalue weighted by atomic mass is 32.2. The number of hydrogen-bond acceptors (Lipinski definition) is 5. The van der Waals surface area contributed by atoms with Gasteiger partial charge in [0.2, 0.25) is 5.91 Å². The van der Waals surface area contributed by atoms with Gasteiger partial charge in [0.15, 0.2) is 5.13 Å². The second-order valence-corrected chi connectivity index (χ2v) is 7.25. The molecule has 1 amide bonds. The van der Waals surface area contributed by atoms with E-state index in [-0.39, 0.29) is 5.91 Å². The maximum Gasteiger partial charge on any atom is 0.225 e. The summed E-state index contributed by atoms with van der Waals surface area (Å²) >= 11 is 3.63. The molecule has 1 aliphatic heterocycles. The van der Waals surface area contributed by atoms with Gasteiger partial charge in [-0.15, -0.1) is 11.3 Å². The molecule has 0 saturated carbocycles. The Hall–Kier alpha value is -0.590. The van der Waals surface area contributed by atoms with E-state index in [1.807, 2.05) is 12.3 Å². The van der Waals surface area contributed by atoms with E-state index in [0.29, 0.717) is 6.54 Å². The molecule has 0 radical (unpaired) electrons. The summed E-state index contributed by atoms with van der Waals surface area (Å²) in [7, 11) is 0. The standard InChI is InChI=1S/C14H23N3OS2/c1-3-17(11(2)18)14-16-12(10-20-14)8-15-9-13-6-4-5-7-19-13/h10,13,15H,3-9H2,1-2H3. The Morgan fingerprint density at radius 1 is 1.55 bits per heavy atom. The molecule has 112 valence electrons. The average molecular weight is 313 g/mol. The molecule has 1 aromatic rings. The predicted octanol–water partition coefficient (Wildman–Crippen LogP) is 2.89. The Kier molecular flexibility index (Phi) is 6.32. The van der Waals surface area contributed by atoms with Crippen molar-refractivity contribution in [2.75, 3.05) is 23.7 Å². The molecule has 20 heavy (non-hydrogen) atoms. The molecule has 1 aliphatic rings. The minimum atomic E-state index is 0.0555. The molecule has 0 aromatic carbocycles. The van der Waals surface area contributed by atoms with Crippen LogP contribution in [0.25, 0.3) is 0 Å². The lowest BCUT2D eigenvalue weighted by Crippen LogP contribution is -2.28. The van der Waals surface area contributed by atoms with Crippen LogP contribution >= 0.6 is 23.1 Å². The van der Waals surface area contributed by atoms with Crippen molar-refractivity contribution in [1.82, 2.24) is 10.3 Å². The Labute approximate surface area is 129 Å². The second-order valence-electron chi connectivity index (χ2n) is 5.00. The van der Waals surface area contributed by atoms with Crippen LogP contribution in [-0.2, 0) is 11.3 Å². The fourth-order valence-corrected chi connectivity index (χ4v) is 4.53. The largest absolute Gasteiger partial charge is 0.310 e. The molecule has 6 heteroatoms. The summed E-state index contributed by atoms with van der Waals surface area (Å²) in [6, 6.07) is 0. The molecule has 2 rings (SSSR count). The van der Waals surface area contributed by atoms with Gasteiger partial charge < -0.3 is 5.32 Å². The van der Waals surface area contributed by atoms with Crippen LogP contribution in [0.4, 0.5) is 5.13 Å². The Balaban J connectivity index is 1.78. The molecule has 1 aromatic heterocycles. The lowest BCUT2D eigenvalue weighted by Gasteiger charge is -2.21. The molecular formula is C14H23N3OS2. The number of thioether (sulfide) groups is 1. The van der Waals surface area contributed by atoms with Crippen LogP contribution in [0.1, 0.15) is 38.8 Å². The molecule has 1 N–H and O–H groups in total. The maximum absolute atomic E-state index is 11.5. The smallest absolute Gasteiger partial charge is 0.225 e. The summed E-state index contributed by atoms with van der Waals surface area (Å²) < 4.78 is 0. The van der Waals surface area contributed by atoms with Crippen molar-refractivity contribution >= 4 is 34.1 Å². The first-order valence-corrected chi connectivity index (χ1v) is 9.18. The van der Waals surface area contributed by atoms with Crippen molar-refractivity contribution in [3.63, 3.8) is 0 Å². The second kappa shape index (κ2) is 8.00. The third kappa shape index (κ3) is 4.46. The highest BCUT2D eigenvalue weighted by molar-refractivity contribution is 7.99. The molecule has 4 nitrogen and oxygen atoms in total. The number of nitrogens with zero attached hydrogens (tertiary/aromatic N) is 2. The average Bonchev–Trinajstić information content (AvgIpc) is 2.89. The number of nitrogens with one attached hydrogen (secondary N) is 1. The third-order valence-electron chi connectivity index (χ3n) is 3.42. The van der Waals surface area contributed by atoms with Crippen LogP contribution in [0.3, 0.4) is 0 Å². The first-order valence-electron chi connectivity index (χ1n) is 7.25. The predicted molar refractivity (Wildman–Crippen MR) is 87.6 cm³/mol. The highest BCUT2D eigenvalue weighted by Crippen LogP contribution is 2.24. The zero-order chi connectivity index (χ0) is 14.4. The van der Waals surface area contributed by atoms with Crippen molar-refractivity contribution in [2.24, 2.45) is 0 Å². The Morgan fingerprint density at radius 2 is 2.40 bits per heavy atom. The molecule has 0 bridgehead atoms. The number of rotatable bonds is 6. The fourth-order valence-electron chi connectivity index (χ4n) is 2.32. The molecule has 0 spiro atoms. The van der Waals surface area contributed by atoms with Gasteiger partial charge in [-0.25, -0.2) is 4.98 Å². The number of amides is 1. The number of aromatic nitrogens is 1. The fraction of sp³-hybridized carbons (Fsp3) is 0.714. The summed E-state index contributed by atoms with van der Waals surface area (Å²) in [5.74, 6) is 1.36. The van der Waals surface area contributed by atoms with Crippen LogP contribution < -0.4 is 10.2 Å². The van der Waals surface area contributed by atoms with E-state index < -0.39 is 0 Å². The summed E-state index contributed by atoms with van der Waals surface area (Å²) in [6.45, 7) is 6.09. The van der Waals surface area contributed by atoms with Crippen LogP contribution in [-0.4, -0.2) is 35.0 Å². The zero-order valence-electron chi connectivity index (χ0n) is 12.2. The van der Waals surface area contributed by atoms with E-state index in [4.69, 9.17) is 0 Å². The van der Waals surface area contributed by atoms with Gasteiger partial charge in [-0.1, -0.05) is 6.42 Å². The summed E-state index contributed by atoms with van der Waals surface area (Å²) in [4.78, 5) is 17.7. The van der Waals surface area contributed by atoms with E-state index in [2.05, 4.69) is 22.1 Å². The molecule has 1 unspecified atom stereocenters. The number of thiazole rings is 1. The topological polar surface area (TPSA) is 45.2 Å². The van der Waals surface area contributed by atoms with Gasteiger partial charge in [0.05, 0.1) is 5.69 Å². The lowest BCUT2D eigenvalue weighted by atomic mass is 10.2. The zero-order valence-corrected chi connectivity index (χ0v) is 13.9. The van der Waals surface area contributed by atoms with Gasteiger partial charge in [-0.2, -0.15) is 11.8 Å². The molecule has 0 aliphatic carbocycles. The number of carbonyl (C=O) groups is 1. The van der Waals surface area contributed by atoms with Crippen LogP contribution in [0.5, 0.6) is 0 Å². The summed E-state index contributed by atoms with van der Waals surface area (Å²) in [6.07, 6.45) is 4.06. The monoisotopic (exact) mass is 313 g/mol. The summed E-state index contributed by atoms with van der Waals surface area (Å²) in [5.41, 5.74) is 1.03. The molecule has 1 fully saturated rings. The quantitative estimate of drug-likeness (QED) is 0.877. The van der Waals surface area contributed by atoms with E-state index in [1.54, 1.807) is 23.2 Å². The van der Waals surface area contributed by atoms with Gasteiger partial charge in [0.25, 0.3) is 0 Å². The third-order valence-corrected chi connectivity index (χ3v) is 5.73. The molecule has 2 heterocycles. The van der Waals surface area contributed by atoms with Crippen LogP contribution in [0.2, 0.25) is 0 Å². The minimum absolute atomic E-state index is 0.0555. The van der Waals surface area contributed by atoms with Gasteiger partial charge in [0, 0.05) is 37.2 Å². The van der Waals surface area contributed by atoms with Crippen LogP contribution in [0.15, 0.2) is 5.38 Å². The summed E-state index contributed by atoms with van der Waals surface area (Å²) in [5, 5.41) is 7.10. The Bertz CT molecular complexity index is 430. The SMILES string of the molecule is CCN(C(C)=O)c1nc(CNCC2CCCCS2)cs1. The van der Waals surface area contributed by atoms with Gasteiger partial charge >= 0.3 is 0 Å². The normalized spacial score (nSPS) is 19.0. The van der Waals surface area contributed by atoms with Crippen molar-refractivity contribution in [3.05, 3.63) is 11.1 Å². The van der Waals surface area contributed by atoms with E-state index in [0.717, 1.165) is 29.2 Å². The highest BCUT2D eigenvalue weighted by Gasteiger charge is 2.15. The van der Waals surface area contributed by atoms with Crippen molar-refractivity contribution in [2.45, 2.75) is 44.9 Å². The maximum atomic E-state index is 11.5. The minimum Gasteiger partial charge on any atom is -0.310 e. The van der Waals surface area contributed by atoms with Gasteiger partial charge in [-0.05, 0) is 25.5 Å². The first-order chi connectivity index (χ1) is 9.70. The number of carbonyl (C=O) groups excluding carboxylic acids is 1. The molecular weight excluding hydrogens is 290 g/mol. The first kappa shape index (κ1) is 15.8. The lowest BCUT2D eigenvalue weighted by molar-refractivity contribution is -0.116. The van der Waals surface area contributed by atoms with Crippen molar-refractivity contribution in [3.8, 4) is 0 Å². The van der Waals surface area contributed by atoms with Gasteiger partial charge in [0.1, 0.15) is 0 Å².